The molecule has 0 aliphatic heterocycles. The van der Waals surface area contributed by atoms with Gasteiger partial charge < -0.3 is 19.3 Å². The van der Waals surface area contributed by atoms with Gasteiger partial charge in [0.25, 0.3) is 0 Å². The number of carbonyl (C=O) groups excluding carboxylic acids is 1. The topological polar surface area (TPSA) is 85.3 Å². The fraction of sp³-hybridized carbons (Fsp3) is 0.462. The highest BCUT2D eigenvalue weighted by Crippen LogP contribution is 2.57. The van der Waals surface area contributed by atoms with E-state index in [2.05, 4.69) is 4.74 Å². The van der Waals surface area contributed by atoms with E-state index < -0.39 is 90.0 Å². The second-order valence-corrected chi connectivity index (χ2v) is 9.27. The SMILES string of the molecule is CCOC(Cc1ccc(OCCN(CC(F)(F)C(F)(F)C(F)(F)C(F)(F)C(F)(F)F)C(=O)Oc2ccc(F)cc2F)cc1)C(=O)O. The lowest BCUT2D eigenvalue weighted by molar-refractivity contribution is -0.422. The summed E-state index contributed by atoms with van der Waals surface area (Å²) in [4.78, 5) is 23.1. The van der Waals surface area contributed by atoms with Gasteiger partial charge in [-0.1, -0.05) is 12.1 Å². The van der Waals surface area contributed by atoms with Crippen molar-refractivity contribution in [2.24, 2.45) is 0 Å². The van der Waals surface area contributed by atoms with E-state index in [1.807, 2.05) is 0 Å². The van der Waals surface area contributed by atoms with Crippen LogP contribution in [0.15, 0.2) is 42.5 Å². The van der Waals surface area contributed by atoms with Crippen molar-refractivity contribution < 1.29 is 86.0 Å². The molecule has 1 unspecified atom stereocenters. The van der Waals surface area contributed by atoms with Crippen molar-refractivity contribution in [2.45, 2.75) is 49.3 Å². The number of rotatable bonds is 15. The van der Waals surface area contributed by atoms with Gasteiger partial charge in [-0.3, -0.25) is 4.90 Å². The van der Waals surface area contributed by atoms with Crippen LogP contribution in [-0.2, 0) is 16.0 Å². The first-order valence-electron chi connectivity index (χ1n) is 12.5. The zero-order valence-corrected chi connectivity index (χ0v) is 23.0. The number of halogens is 13. The maximum absolute atomic E-state index is 14.5. The Labute approximate surface area is 250 Å². The maximum atomic E-state index is 14.5. The summed E-state index contributed by atoms with van der Waals surface area (Å²) in [5.41, 5.74) is 0.387. The van der Waals surface area contributed by atoms with Gasteiger partial charge in [-0.15, -0.1) is 0 Å². The zero-order valence-electron chi connectivity index (χ0n) is 23.0. The molecular formula is C26H22F13NO6. The molecule has 2 aromatic carbocycles. The third-order valence-corrected chi connectivity index (χ3v) is 5.96. The number of aliphatic carboxylic acids is 1. The normalized spacial score (nSPS) is 13.7. The van der Waals surface area contributed by atoms with Crippen molar-refractivity contribution in [3.05, 3.63) is 59.7 Å². The van der Waals surface area contributed by atoms with E-state index in [1.165, 1.54) is 24.3 Å². The fourth-order valence-corrected chi connectivity index (χ4v) is 3.52. The standard InChI is InChI=1S/C26H22F13NO6/c1-2-44-19(20(41)42)11-14-3-6-16(7-4-14)45-10-9-40(21(43)46-18-8-5-15(27)12-17(18)28)13-22(29,30)23(31,32)24(33,34)25(35,36)26(37,38)39/h3-8,12,19H,2,9-11,13H2,1H3,(H,41,42). The summed E-state index contributed by atoms with van der Waals surface area (Å²) in [6, 6.07) is 6.01. The maximum Gasteiger partial charge on any atom is 0.460 e. The summed E-state index contributed by atoms with van der Waals surface area (Å²) < 4.78 is 190. The van der Waals surface area contributed by atoms with Crippen LogP contribution in [0.25, 0.3) is 0 Å². The Hall–Kier alpha value is -3.97. The molecule has 0 heterocycles. The van der Waals surface area contributed by atoms with Gasteiger partial charge in [-0.25, -0.2) is 18.4 Å². The number of carboxylic acid groups (broad SMARTS) is 1. The second kappa shape index (κ2) is 14.2. The molecule has 0 aromatic heterocycles. The van der Waals surface area contributed by atoms with E-state index in [-0.39, 0.29) is 24.8 Å². The van der Waals surface area contributed by atoms with Crippen LogP contribution in [0.5, 0.6) is 11.5 Å². The van der Waals surface area contributed by atoms with Crippen LogP contribution in [0.1, 0.15) is 12.5 Å². The number of nitrogens with zero attached hydrogens (tertiary/aromatic N) is 1. The van der Waals surface area contributed by atoms with E-state index in [1.54, 1.807) is 6.92 Å². The Balaban J connectivity index is 2.31. The Morgan fingerprint density at radius 2 is 1.43 bits per heavy atom. The minimum atomic E-state index is -7.75. The monoisotopic (exact) mass is 691 g/mol. The lowest BCUT2D eigenvalue weighted by atomic mass is 9.97. The molecule has 1 N–H and O–H groups in total. The first-order valence-corrected chi connectivity index (χ1v) is 12.5. The summed E-state index contributed by atoms with van der Waals surface area (Å²) in [6.07, 6.45) is -11.0. The van der Waals surface area contributed by atoms with Gasteiger partial charge in [0.1, 0.15) is 18.2 Å². The van der Waals surface area contributed by atoms with Gasteiger partial charge in [0.05, 0.1) is 13.1 Å². The quantitative estimate of drug-likeness (QED) is 0.203. The van der Waals surface area contributed by atoms with Gasteiger partial charge in [0.2, 0.25) is 0 Å². The summed E-state index contributed by atoms with van der Waals surface area (Å²) in [5, 5.41) is 9.15. The van der Waals surface area contributed by atoms with Crippen molar-refractivity contribution >= 4 is 12.1 Å². The zero-order chi connectivity index (χ0) is 35.3. The fourth-order valence-electron chi connectivity index (χ4n) is 3.52. The van der Waals surface area contributed by atoms with Crippen LogP contribution in [0.2, 0.25) is 0 Å². The molecular weight excluding hydrogens is 669 g/mol. The van der Waals surface area contributed by atoms with Crippen LogP contribution >= 0.6 is 0 Å². The Bertz CT molecular complexity index is 1350. The number of hydrogen-bond acceptors (Lipinski definition) is 5. The highest BCUT2D eigenvalue weighted by molar-refractivity contribution is 5.72. The molecule has 258 valence electrons. The number of alkyl halides is 11. The van der Waals surface area contributed by atoms with Gasteiger partial charge in [0, 0.05) is 19.1 Å². The lowest BCUT2D eigenvalue weighted by Crippen LogP contribution is -2.68. The van der Waals surface area contributed by atoms with Crippen LogP contribution in [0.4, 0.5) is 61.9 Å². The molecule has 0 bridgehead atoms. The summed E-state index contributed by atoms with van der Waals surface area (Å²) in [6.45, 7) is -3.68. The van der Waals surface area contributed by atoms with E-state index in [0.717, 1.165) is 0 Å². The summed E-state index contributed by atoms with van der Waals surface area (Å²) in [7, 11) is 0. The third-order valence-electron chi connectivity index (χ3n) is 5.96. The van der Waals surface area contributed by atoms with Crippen molar-refractivity contribution in [2.75, 3.05) is 26.3 Å². The van der Waals surface area contributed by atoms with E-state index in [9.17, 15) is 66.7 Å². The van der Waals surface area contributed by atoms with Crippen molar-refractivity contribution in [3.63, 3.8) is 0 Å². The minimum Gasteiger partial charge on any atom is -0.492 e. The minimum absolute atomic E-state index is 0.0677. The molecule has 2 aromatic rings. The molecule has 0 radical (unpaired) electrons. The number of carboxylic acids is 1. The molecule has 0 saturated carbocycles. The number of hydrogen-bond donors (Lipinski definition) is 1. The molecule has 0 spiro atoms. The van der Waals surface area contributed by atoms with Crippen molar-refractivity contribution in [3.8, 4) is 11.5 Å². The highest BCUT2D eigenvalue weighted by Gasteiger charge is 2.87. The lowest BCUT2D eigenvalue weighted by Gasteiger charge is -2.38. The average molecular weight is 691 g/mol. The smallest absolute Gasteiger partial charge is 0.460 e. The van der Waals surface area contributed by atoms with E-state index >= 15 is 0 Å². The van der Waals surface area contributed by atoms with Gasteiger partial charge in [-0.05, 0) is 36.8 Å². The molecule has 2 rings (SSSR count). The van der Waals surface area contributed by atoms with Gasteiger partial charge in [0.15, 0.2) is 17.7 Å². The van der Waals surface area contributed by atoms with Gasteiger partial charge >= 0.3 is 41.9 Å². The Morgan fingerprint density at radius 1 is 0.848 bits per heavy atom. The van der Waals surface area contributed by atoms with Crippen molar-refractivity contribution in [1.82, 2.24) is 4.90 Å². The highest BCUT2D eigenvalue weighted by atomic mass is 19.4. The Kier molecular flexibility index (Phi) is 11.8. The molecule has 20 heteroatoms. The van der Waals surface area contributed by atoms with Crippen LogP contribution in [0.3, 0.4) is 0 Å². The molecule has 0 fully saturated rings. The largest absolute Gasteiger partial charge is 0.492 e. The molecule has 46 heavy (non-hydrogen) atoms. The Morgan fingerprint density at radius 3 is 1.93 bits per heavy atom. The molecule has 0 saturated heterocycles. The molecule has 0 aliphatic rings. The molecule has 0 aliphatic carbocycles. The molecule has 1 amide bonds. The third kappa shape index (κ3) is 8.43. The molecule has 7 nitrogen and oxygen atoms in total. The van der Waals surface area contributed by atoms with Crippen LogP contribution < -0.4 is 9.47 Å². The predicted octanol–water partition coefficient (Wildman–Crippen LogP) is 6.98. The van der Waals surface area contributed by atoms with Gasteiger partial charge in [-0.2, -0.15) is 48.3 Å². The van der Waals surface area contributed by atoms with Crippen molar-refractivity contribution in [1.29, 1.82) is 0 Å². The van der Waals surface area contributed by atoms with Crippen LogP contribution in [0, 0.1) is 11.6 Å². The molecule has 1 atom stereocenters. The summed E-state index contributed by atoms with van der Waals surface area (Å²) >= 11 is 0. The van der Waals surface area contributed by atoms with E-state index in [0.29, 0.717) is 17.7 Å². The number of carbonyl (C=O) groups is 2. The number of benzene rings is 2. The second-order valence-electron chi connectivity index (χ2n) is 9.27. The predicted molar refractivity (Wildman–Crippen MR) is 128 cm³/mol. The summed E-state index contributed by atoms with van der Waals surface area (Å²) in [5.74, 6) is -34.9. The number of amides is 1. The average Bonchev–Trinajstić information content (AvgIpc) is 2.93. The first-order chi connectivity index (χ1) is 21.0. The first kappa shape index (κ1) is 38.2. The van der Waals surface area contributed by atoms with E-state index in [4.69, 9.17) is 14.6 Å². The van der Waals surface area contributed by atoms with Crippen LogP contribution in [-0.4, -0.2) is 84.3 Å². The number of ether oxygens (including phenoxy) is 3.